The average Bonchev–Trinajstić information content (AvgIpc) is 3.43. The van der Waals surface area contributed by atoms with Crippen LogP contribution >= 0.6 is 19.6 Å². The molecule has 0 saturated carbocycles. The Hall–Kier alpha value is -0.750. The van der Waals surface area contributed by atoms with Crippen LogP contribution in [-0.2, 0) is 27.9 Å². The predicted octanol–water partition coefficient (Wildman–Crippen LogP) is 8.94. The molecule has 0 spiro atoms. The van der Waals surface area contributed by atoms with Gasteiger partial charge in [-0.05, 0) is 18.6 Å². The van der Waals surface area contributed by atoms with Crippen molar-refractivity contribution in [3.05, 3.63) is 0 Å². The van der Waals surface area contributed by atoms with Gasteiger partial charge in [0.15, 0.2) is 0 Å². The monoisotopic (exact) mass is 724 g/mol. The number of hydrogen-bond donors (Lipinski definition) is 2. The summed E-state index contributed by atoms with van der Waals surface area (Å²) in [5.74, 6) is 0.806. The zero-order valence-corrected chi connectivity index (χ0v) is 31.8. The number of carbonyl (C=O) groups is 2. The summed E-state index contributed by atoms with van der Waals surface area (Å²) in [7, 11) is -4.51. The van der Waals surface area contributed by atoms with Gasteiger partial charge in [-0.15, -0.1) is 0 Å². The predicted molar refractivity (Wildman–Crippen MR) is 191 cm³/mol. The van der Waals surface area contributed by atoms with Gasteiger partial charge in [0.2, 0.25) is 5.91 Å². The number of hydrogen-bond acceptors (Lipinski definition) is 8. The van der Waals surface area contributed by atoms with Gasteiger partial charge in [-0.3, -0.25) is 24.1 Å². The molecule has 2 rings (SSSR count). The summed E-state index contributed by atoms with van der Waals surface area (Å²) in [6.07, 6.45) is 18.4. The molecular formula is C35H66FN2O8PS. The zero-order chi connectivity index (χ0) is 35.0. The minimum absolute atomic E-state index is 0.106. The third kappa shape index (κ3) is 19.0. The summed E-state index contributed by atoms with van der Waals surface area (Å²) in [5, 5.41) is 2.24. The molecule has 0 bridgehead atoms. The summed E-state index contributed by atoms with van der Waals surface area (Å²) < 4.78 is 49.7. The maximum absolute atomic E-state index is 14.8. The molecule has 0 aliphatic carbocycles. The van der Waals surface area contributed by atoms with Crippen molar-refractivity contribution in [1.82, 2.24) is 10.2 Å². The van der Waals surface area contributed by atoms with Gasteiger partial charge in [0.1, 0.15) is 18.5 Å². The van der Waals surface area contributed by atoms with Gasteiger partial charge in [-0.2, -0.15) is 11.8 Å². The molecule has 2 N–H and O–H groups in total. The van der Waals surface area contributed by atoms with E-state index in [1.807, 2.05) is 0 Å². The molecule has 0 aromatic heterocycles. The van der Waals surface area contributed by atoms with E-state index in [1.165, 1.54) is 101 Å². The van der Waals surface area contributed by atoms with E-state index >= 15 is 0 Å². The first-order chi connectivity index (χ1) is 23.2. The number of unbranched alkanes of at least 4 members (excludes halogenated alkanes) is 16. The number of carbonyl (C=O) groups excluding carboxylic acids is 2. The van der Waals surface area contributed by atoms with E-state index < -0.39 is 44.9 Å². The van der Waals surface area contributed by atoms with Crippen molar-refractivity contribution in [2.24, 2.45) is 5.92 Å². The minimum Gasteiger partial charge on any atom is -0.375 e. The van der Waals surface area contributed by atoms with Gasteiger partial charge in [-0.25, -0.2) is 13.8 Å². The number of thioether (sulfide) groups is 1. The molecule has 10 nitrogen and oxygen atoms in total. The van der Waals surface area contributed by atoms with E-state index in [4.69, 9.17) is 18.5 Å². The minimum atomic E-state index is -4.51. The molecule has 0 aromatic rings. The van der Waals surface area contributed by atoms with E-state index in [1.54, 1.807) is 18.7 Å². The Morgan fingerprint density at radius 1 is 0.917 bits per heavy atom. The first-order valence-corrected chi connectivity index (χ1v) is 21.5. The van der Waals surface area contributed by atoms with Gasteiger partial charge in [0, 0.05) is 25.3 Å². The largest absolute Gasteiger partial charge is 0.472 e. The van der Waals surface area contributed by atoms with Crippen LogP contribution < -0.4 is 5.32 Å². The second-order valence-electron chi connectivity index (χ2n) is 13.5. The van der Waals surface area contributed by atoms with Crippen LogP contribution in [0.5, 0.6) is 0 Å². The third-order valence-corrected chi connectivity index (χ3v) is 11.2. The first-order valence-electron chi connectivity index (χ1n) is 18.9. The van der Waals surface area contributed by atoms with Crippen LogP contribution in [0.3, 0.4) is 0 Å². The number of imide groups is 1. The molecular weight excluding hydrogens is 658 g/mol. The van der Waals surface area contributed by atoms with Gasteiger partial charge in [-0.1, -0.05) is 124 Å². The van der Waals surface area contributed by atoms with Crippen molar-refractivity contribution >= 4 is 31.5 Å². The summed E-state index contributed by atoms with van der Waals surface area (Å²) in [4.78, 5) is 35.6. The van der Waals surface area contributed by atoms with Crippen LogP contribution in [0.2, 0.25) is 0 Å². The number of amides is 3. The van der Waals surface area contributed by atoms with Crippen LogP contribution in [0.1, 0.15) is 143 Å². The highest BCUT2D eigenvalue weighted by molar-refractivity contribution is 7.99. The molecule has 2 saturated heterocycles. The lowest BCUT2D eigenvalue weighted by molar-refractivity contribution is -0.128. The quantitative estimate of drug-likeness (QED) is 0.0552. The second-order valence-corrected chi connectivity index (χ2v) is 16.1. The summed E-state index contributed by atoms with van der Waals surface area (Å²) >= 11 is 1.77. The van der Waals surface area contributed by atoms with Crippen molar-refractivity contribution in [2.45, 2.75) is 167 Å². The van der Waals surface area contributed by atoms with E-state index in [9.17, 15) is 23.4 Å². The first kappa shape index (κ1) is 43.4. The number of rotatable bonds is 30. The highest BCUT2D eigenvalue weighted by atomic mass is 32.2. The SMILES string of the molecule is CCCCCCCCCCCCSCC(COP(=O)(O)OCC1OC(N2CC(C)C(=O)NC2=O)CC1F)OCCCCCCCCCC. The summed E-state index contributed by atoms with van der Waals surface area (Å²) in [6, 6.07) is -0.642. The Morgan fingerprint density at radius 3 is 2.08 bits per heavy atom. The lowest BCUT2D eigenvalue weighted by atomic mass is 10.1. The number of phosphoric acid groups is 1. The summed E-state index contributed by atoms with van der Waals surface area (Å²) in [5.41, 5.74) is 0. The van der Waals surface area contributed by atoms with Gasteiger partial charge in [0.25, 0.3) is 0 Å². The fourth-order valence-electron chi connectivity index (χ4n) is 5.96. The topological polar surface area (TPSA) is 124 Å². The van der Waals surface area contributed by atoms with E-state index in [-0.39, 0.29) is 31.6 Å². The van der Waals surface area contributed by atoms with Crippen molar-refractivity contribution in [2.75, 3.05) is 37.9 Å². The van der Waals surface area contributed by atoms with Crippen LogP contribution in [-0.4, -0.2) is 84.2 Å². The average molecular weight is 725 g/mol. The highest BCUT2D eigenvalue weighted by Gasteiger charge is 2.44. The normalized spacial score (nSPS) is 23.4. The second kappa shape index (κ2) is 26.1. The van der Waals surface area contributed by atoms with E-state index in [2.05, 4.69) is 19.2 Å². The molecule has 2 heterocycles. The molecule has 48 heavy (non-hydrogen) atoms. The smallest absolute Gasteiger partial charge is 0.375 e. The Morgan fingerprint density at radius 2 is 1.48 bits per heavy atom. The maximum atomic E-state index is 14.8. The number of nitrogens with one attached hydrogen (secondary N) is 1. The number of phosphoric ester groups is 1. The number of halogens is 1. The molecule has 6 atom stereocenters. The van der Waals surface area contributed by atoms with Crippen molar-refractivity contribution in [3.63, 3.8) is 0 Å². The third-order valence-electron chi connectivity index (χ3n) is 9.04. The molecule has 3 amide bonds. The molecule has 2 aliphatic rings. The lowest BCUT2D eigenvalue weighted by Gasteiger charge is -2.34. The number of ether oxygens (including phenoxy) is 2. The fourth-order valence-corrected chi connectivity index (χ4v) is 7.75. The molecule has 2 aliphatic heterocycles. The van der Waals surface area contributed by atoms with Gasteiger partial charge < -0.3 is 14.4 Å². The van der Waals surface area contributed by atoms with Crippen LogP contribution in [0.25, 0.3) is 0 Å². The lowest BCUT2D eigenvalue weighted by Crippen LogP contribution is -2.57. The van der Waals surface area contributed by atoms with Crippen LogP contribution in [0.4, 0.5) is 9.18 Å². The Balaban J connectivity index is 1.71. The molecule has 13 heteroatoms. The van der Waals surface area contributed by atoms with E-state index in [0.717, 1.165) is 25.0 Å². The fraction of sp³-hybridized carbons (Fsp3) is 0.943. The Kier molecular flexibility index (Phi) is 23.6. The Labute approximate surface area is 294 Å². The molecule has 2 fully saturated rings. The number of urea groups is 1. The molecule has 6 unspecified atom stereocenters. The van der Waals surface area contributed by atoms with E-state index in [0.29, 0.717) is 12.4 Å². The number of nitrogens with zero attached hydrogens (tertiary/aromatic N) is 1. The Bertz CT molecular complexity index is 922. The van der Waals surface area contributed by atoms with Gasteiger partial charge >= 0.3 is 13.9 Å². The van der Waals surface area contributed by atoms with Crippen LogP contribution in [0, 0.1) is 5.92 Å². The van der Waals surface area contributed by atoms with Crippen molar-refractivity contribution in [1.29, 1.82) is 0 Å². The number of alkyl halides is 1. The maximum Gasteiger partial charge on any atom is 0.472 e. The molecule has 0 radical (unpaired) electrons. The van der Waals surface area contributed by atoms with Crippen molar-refractivity contribution < 1.29 is 42.0 Å². The summed E-state index contributed by atoms with van der Waals surface area (Å²) in [6.45, 7) is 6.19. The van der Waals surface area contributed by atoms with Crippen molar-refractivity contribution in [3.8, 4) is 0 Å². The van der Waals surface area contributed by atoms with Crippen LogP contribution in [0.15, 0.2) is 0 Å². The standard InChI is InChI=1S/C35H66FN2O8PS/c1-4-6-8-10-12-14-15-17-19-21-23-48-28-30(43-22-20-18-16-13-11-9-7-5-2)26-44-47(41,42)45-27-32-31(36)24-33(46-32)38-25-29(3)34(39)37-35(38)40/h29-33H,4-28H2,1-3H3,(H,41,42)(H,37,39,40). The molecule has 0 aromatic carbocycles. The zero-order valence-electron chi connectivity index (χ0n) is 30.1. The highest BCUT2D eigenvalue weighted by Crippen LogP contribution is 2.44. The van der Waals surface area contributed by atoms with Gasteiger partial charge in [0.05, 0.1) is 25.2 Å². The molecule has 282 valence electrons.